The van der Waals surface area contributed by atoms with Gasteiger partial charge in [0.2, 0.25) is 5.78 Å². The number of nitrogens with zero attached hydrogens (tertiary/aromatic N) is 2. The molecule has 0 fully saturated rings. The number of hydrogen-bond donors (Lipinski definition) is 1. The van der Waals surface area contributed by atoms with Crippen LogP contribution in [0.3, 0.4) is 0 Å². The van der Waals surface area contributed by atoms with Crippen molar-refractivity contribution in [2.45, 2.75) is 27.3 Å². The third kappa shape index (κ3) is 3.36. The Morgan fingerprint density at radius 2 is 1.97 bits per heavy atom. The van der Waals surface area contributed by atoms with Gasteiger partial charge in [0.05, 0.1) is 11.7 Å². The minimum Gasteiger partial charge on any atom is -0.456 e. The van der Waals surface area contributed by atoms with Crippen LogP contribution in [0.4, 0.5) is 0 Å². The molecule has 0 bridgehead atoms. The number of aromatic nitrogens is 3. The van der Waals surface area contributed by atoms with E-state index >= 15 is 0 Å². The lowest BCUT2D eigenvalue weighted by Crippen LogP contribution is -2.26. The summed E-state index contributed by atoms with van der Waals surface area (Å²) in [6, 6.07) is 7.46. The van der Waals surface area contributed by atoms with Gasteiger partial charge in [0.25, 0.3) is 5.56 Å². The molecule has 4 aromatic rings. The molecule has 0 radical (unpaired) electrons. The monoisotopic (exact) mass is 409 g/mol. The molecular weight excluding hydrogens is 390 g/mol. The molecule has 3 heterocycles. The number of rotatable bonds is 5. The summed E-state index contributed by atoms with van der Waals surface area (Å²) in [5, 5.41) is 1.31. The molecule has 7 nitrogen and oxygen atoms in total. The molecule has 0 saturated carbocycles. The summed E-state index contributed by atoms with van der Waals surface area (Å²) in [6.45, 7) is 4.92. The highest BCUT2D eigenvalue weighted by molar-refractivity contribution is 7.18. The van der Waals surface area contributed by atoms with E-state index in [4.69, 9.17) is 4.74 Å². The molecule has 1 aromatic carbocycles. The molecule has 1 N–H and O–H groups in total. The van der Waals surface area contributed by atoms with Crippen molar-refractivity contribution in [2.24, 2.45) is 0 Å². The maximum absolute atomic E-state index is 12.7. The molecule has 0 atom stereocenters. The second kappa shape index (κ2) is 7.29. The van der Waals surface area contributed by atoms with Gasteiger partial charge in [-0.05, 0) is 32.4 Å². The van der Waals surface area contributed by atoms with E-state index in [0.717, 1.165) is 27.0 Å². The fourth-order valence-corrected chi connectivity index (χ4v) is 4.41. The van der Waals surface area contributed by atoms with Gasteiger partial charge in [0, 0.05) is 27.0 Å². The number of fused-ring (bicyclic) bond motifs is 2. The summed E-state index contributed by atoms with van der Waals surface area (Å²) in [6.07, 6.45) is 1.34. The Hall–Kier alpha value is -3.26. The number of esters is 1. The fourth-order valence-electron chi connectivity index (χ4n) is 3.42. The summed E-state index contributed by atoms with van der Waals surface area (Å²) in [5.74, 6) is -0.956. The van der Waals surface area contributed by atoms with E-state index in [2.05, 4.69) is 9.97 Å². The van der Waals surface area contributed by atoms with Gasteiger partial charge in [-0.2, -0.15) is 0 Å². The van der Waals surface area contributed by atoms with E-state index in [1.165, 1.54) is 22.2 Å². The maximum Gasteiger partial charge on any atom is 0.326 e. The van der Waals surface area contributed by atoms with E-state index < -0.39 is 5.97 Å². The maximum atomic E-state index is 12.7. The average molecular weight is 409 g/mol. The van der Waals surface area contributed by atoms with Crippen LogP contribution in [0.25, 0.3) is 21.1 Å². The quantitative estimate of drug-likeness (QED) is 0.403. The van der Waals surface area contributed by atoms with Gasteiger partial charge < -0.3 is 9.72 Å². The Morgan fingerprint density at radius 3 is 2.76 bits per heavy atom. The number of Topliss-reactive ketones (excluding diaryl/α,β-unsaturated/α-hetero) is 1. The molecule has 4 rings (SSSR count). The van der Waals surface area contributed by atoms with Gasteiger partial charge in [-0.3, -0.25) is 19.0 Å². The number of aromatic amines is 1. The zero-order chi connectivity index (χ0) is 20.7. The number of ether oxygens (including phenoxy) is 1. The summed E-state index contributed by atoms with van der Waals surface area (Å²) >= 11 is 1.45. The number of ketones is 1. The van der Waals surface area contributed by atoms with E-state index in [9.17, 15) is 14.4 Å². The molecule has 0 amide bonds. The van der Waals surface area contributed by atoms with Gasteiger partial charge in [-0.25, -0.2) is 4.98 Å². The number of nitrogens with one attached hydrogen (secondary N) is 1. The Morgan fingerprint density at radius 1 is 1.21 bits per heavy atom. The predicted octanol–water partition coefficient (Wildman–Crippen LogP) is 3.29. The lowest BCUT2D eigenvalue weighted by molar-refractivity contribution is -0.143. The van der Waals surface area contributed by atoms with Crippen LogP contribution in [0, 0.1) is 20.8 Å². The van der Waals surface area contributed by atoms with Crippen molar-refractivity contribution < 1.29 is 14.3 Å². The van der Waals surface area contributed by atoms with E-state index in [1.807, 2.05) is 38.1 Å². The summed E-state index contributed by atoms with van der Waals surface area (Å²) < 4.78 is 6.36. The summed E-state index contributed by atoms with van der Waals surface area (Å²) in [4.78, 5) is 46.6. The third-order valence-corrected chi connectivity index (χ3v) is 6.11. The van der Waals surface area contributed by atoms with Crippen molar-refractivity contribution in [3.8, 4) is 0 Å². The molecule has 0 aliphatic carbocycles. The number of carbonyl (C=O) groups excluding carboxylic acids is 2. The van der Waals surface area contributed by atoms with E-state index in [1.54, 1.807) is 6.92 Å². The SMILES string of the molecule is Cc1[nH]c2ccccc2c1C(=O)COC(=O)Cn1cnc2sc(C)c(C)c2c1=O. The van der Waals surface area contributed by atoms with Crippen LogP contribution in [0.2, 0.25) is 0 Å². The number of para-hydroxylation sites is 1. The minimum absolute atomic E-state index is 0.285. The molecule has 148 valence electrons. The largest absolute Gasteiger partial charge is 0.456 e. The van der Waals surface area contributed by atoms with Gasteiger partial charge in [-0.15, -0.1) is 11.3 Å². The molecule has 0 spiro atoms. The van der Waals surface area contributed by atoms with Gasteiger partial charge in [0.1, 0.15) is 11.4 Å². The number of H-pyrrole nitrogens is 1. The standard InChI is InChI=1S/C21H19N3O4S/c1-11-13(3)29-20-18(11)21(27)24(10-22-20)8-17(26)28-9-16(25)19-12(2)23-15-7-5-4-6-14(15)19/h4-7,10,23H,8-9H2,1-3H3. The highest BCUT2D eigenvalue weighted by Gasteiger charge is 2.18. The predicted molar refractivity (Wildman–Crippen MR) is 112 cm³/mol. The van der Waals surface area contributed by atoms with Crippen molar-refractivity contribution >= 4 is 44.2 Å². The van der Waals surface area contributed by atoms with E-state index in [-0.39, 0.29) is 24.5 Å². The lowest BCUT2D eigenvalue weighted by atomic mass is 10.1. The van der Waals surface area contributed by atoms with Crippen LogP contribution in [-0.2, 0) is 16.1 Å². The fraction of sp³-hybridized carbons (Fsp3) is 0.238. The van der Waals surface area contributed by atoms with Crippen molar-refractivity contribution in [3.05, 3.63) is 62.6 Å². The van der Waals surface area contributed by atoms with Crippen molar-refractivity contribution in [3.63, 3.8) is 0 Å². The van der Waals surface area contributed by atoms with Crippen LogP contribution >= 0.6 is 11.3 Å². The van der Waals surface area contributed by atoms with Gasteiger partial charge in [-0.1, -0.05) is 18.2 Å². The normalized spacial score (nSPS) is 11.3. The second-order valence-corrected chi connectivity index (χ2v) is 8.10. The van der Waals surface area contributed by atoms with Crippen molar-refractivity contribution in [1.82, 2.24) is 14.5 Å². The van der Waals surface area contributed by atoms with Crippen molar-refractivity contribution in [1.29, 1.82) is 0 Å². The first-order valence-corrected chi connectivity index (χ1v) is 9.89. The smallest absolute Gasteiger partial charge is 0.326 e. The number of hydrogen-bond acceptors (Lipinski definition) is 6. The number of carbonyl (C=O) groups is 2. The summed E-state index contributed by atoms with van der Waals surface area (Å²) in [7, 11) is 0. The van der Waals surface area contributed by atoms with Crippen LogP contribution in [0.15, 0.2) is 35.4 Å². The molecular formula is C21H19N3O4S. The van der Waals surface area contributed by atoms with Crippen LogP contribution < -0.4 is 5.56 Å². The number of aryl methyl sites for hydroxylation is 3. The molecule has 29 heavy (non-hydrogen) atoms. The zero-order valence-corrected chi connectivity index (χ0v) is 17.1. The molecule has 0 aliphatic rings. The molecule has 0 unspecified atom stereocenters. The van der Waals surface area contributed by atoms with Crippen molar-refractivity contribution in [2.75, 3.05) is 6.61 Å². The number of thiophene rings is 1. The van der Waals surface area contributed by atoms with Crippen LogP contribution in [0.1, 0.15) is 26.5 Å². The Labute approximate surface area is 170 Å². The Bertz CT molecular complexity index is 1330. The summed E-state index contributed by atoms with van der Waals surface area (Å²) in [5.41, 5.74) is 2.68. The average Bonchev–Trinajstić information content (AvgIpc) is 3.18. The Kier molecular flexibility index (Phi) is 4.79. The first-order chi connectivity index (χ1) is 13.9. The zero-order valence-electron chi connectivity index (χ0n) is 16.2. The first kappa shape index (κ1) is 19.1. The van der Waals surface area contributed by atoms with Crippen LogP contribution in [-0.4, -0.2) is 32.9 Å². The van der Waals surface area contributed by atoms with E-state index in [0.29, 0.717) is 15.8 Å². The highest BCUT2D eigenvalue weighted by Crippen LogP contribution is 2.25. The third-order valence-electron chi connectivity index (χ3n) is 4.99. The lowest BCUT2D eigenvalue weighted by Gasteiger charge is -2.07. The van der Waals surface area contributed by atoms with Gasteiger partial charge in [0.15, 0.2) is 6.61 Å². The first-order valence-electron chi connectivity index (χ1n) is 9.08. The molecule has 0 saturated heterocycles. The second-order valence-electron chi connectivity index (χ2n) is 6.90. The highest BCUT2D eigenvalue weighted by atomic mass is 32.1. The Balaban J connectivity index is 1.49. The van der Waals surface area contributed by atoms with Gasteiger partial charge >= 0.3 is 5.97 Å². The topological polar surface area (TPSA) is 94.1 Å². The minimum atomic E-state index is -0.663. The van der Waals surface area contributed by atoms with Crippen LogP contribution in [0.5, 0.6) is 0 Å². The molecule has 3 aromatic heterocycles. The molecule has 0 aliphatic heterocycles. The number of benzene rings is 1. The molecule has 8 heteroatoms.